The van der Waals surface area contributed by atoms with Gasteiger partial charge >= 0.3 is 12.0 Å². The summed E-state index contributed by atoms with van der Waals surface area (Å²) in [4.78, 5) is 24.2. The average molecular weight is 300 g/mol. The summed E-state index contributed by atoms with van der Waals surface area (Å²) in [6.07, 6.45) is 6.49. The van der Waals surface area contributed by atoms with E-state index in [1.807, 2.05) is 13.8 Å². The largest absolute Gasteiger partial charge is 0.480 e. The van der Waals surface area contributed by atoms with Gasteiger partial charge in [-0.15, -0.1) is 0 Å². The molecule has 0 heterocycles. The van der Waals surface area contributed by atoms with Crippen molar-refractivity contribution >= 4 is 12.0 Å². The van der Waals surface area contributed by atoms with Crippen LogP contribution in [0.5, 0.6) is 0 Å². The monoisotopic (exact) mass is 300 g/mol. The van der Waals surface area contributed by atoms with E-state index in [0.717, 1.165) is 25.2 Å². The number of amides is 2. The predicted octanol–water partition coefficient (Wildman–Crippen LogP) is 3.49. The van der Waals surface area contributed by atoms with Crippen LogP contribution in [-0.2, 0) is 4.79 Å². The van der Waals surface area contributed by atoms with E-state index in [0.29, 0.717) is 6.54 Å². The van der Waals surface area contributed by atoms with Crippen LogP contribution in [0.2, 0.25) is 0 Å². The van der Waals surface area contributed by atoms with Crippen LogP contribution < -0.4 is 5.32 Å². The van der Waals surface area contributed by atoms with Gasteiger partial charge in [0.2, 0.25) is 0 Å². The number of aliphatic carboxylic acids is 1. The third-order valence-electron chi connectivity index (χ3n) is 3.67. The fraction of sp³-hybridized carbons (Fsp3) is 0.875. The number of carbonyl (C=O) groups excluding carboxylic acids is 1. The Morgan fingerprint density at radius 2 is 1.71 bits per heavy atom. The van der Waals surface area contributed by atoms with E-state index in [4.69, 9.17) is 5.11 Å². The molecule has 0 rings (SSSR count). The molecule has 124 valence electrons. The molecule has 0 fully saturated rings. The summed E-state index contributed by atoms with van der Waals surface area (Å²) in [6, 6.07) is -0.332. The Kier molecular flexibility index (Phi) is 10.7. The maximum absolute atomic E-state index is 12.0. The van der Waals surface area contributed by atoms with Crippen molar-refractivity contribution in [2.45, 2.75) is 72.3 Å². The van der Waals surface area contributed by atoms with Crippen LogP contribution in [0.25, 0.3) is 0 Å². The highest BCUT2D eigenvalue weighted by Gasteiger charge is 2.20. The Hall–Kier alpha value is -1.26. The van der Waals surface area contributed by atoms with E-state index in [2.05, 4.69) is 19.2 Å². The van der Waals surface area contributed by atoms with Gasteiger partial charge in [-0.3, -0.25) is 4.79 Å². The molecule has 0 spiro atoms. The first-order chi connectivity index (χ1) is 9.88. The first kappa shape index (κ1) is 19.7. The van der Waals surface area contributed by atoms with Gasteiger partial charge in [0.05, 0.1) is 0 Å². The zero-order valence-electron chi connectivity index (χ0n) is 14.0. The Balaban J connectivity index is 3.90. The third-order valence-corrected chi connectivity index (χ3v) is 3.67. The lowest BCUT2D eigenvalue weighted by atomic mass is 10.0. The number of hydrogen-bond donors (Lipinski definition) is 2. The van der Waals surface area contributed by atoms with Crippen LogP contribution in [0.4, 0.5) is 4.79 Å². The number of carboxylic acid groups (broad SMARTS) is 1. The van der Waals surface area contributed by atoms with Crippen molar-refractivity contribution in [1.29, 1.82) is 0 Å². The van der Waals surface area contributed by atoms with Crippen molar-refractivity contribution in [3.05, 3.63) is 0 Å². The molecule has 2 amide bonds. The van der Waals surface area contributed by atoms with Gasteiger partial charge in [0, 0.05) is 12.6 Å². The van der Waals surface area contributed by atoms with Crippen LogP contribution in [-0.4, -0.2) is 41.1 Å². The quantitative estimate of drug-likeness (QED) is 0.574. The lowest BCUT2D eigenvalue weighted by Gasteiger charge is -2.27. The molecular formula is C16H32N2O3. The van der Waals surface area contributed by atoms with E-state index in [-0.39, 0.29) is 18.6 Å². The third kappa shape index (κ3) is 10.2. The minimum Gasteiger partial charge on any atom is -0.480 e. The second-order valence-corrected chi connectivity index (χ2v) is 6.11. The highest BCUT2D eigenvalue weighted by molar-refractivity contribution is 5.80. The predicted molar refractivity (Wildman–Crippen MR) is 85.4 cm³/mol. The minimum absolute atomic E-state index is 0.0628. The van der Waals surface area contributed by atoms with Gasteiger partial charge < -0.3 is 15.3 Å². The lowest BCUT2D eigenvalue weighted by molar-refractivity contribution is -0.138. The van der Waals surface area contributed by atoms with Crippen LogP contribution in [0, 0.1) is 5.92 Å². The van der Waals surface area contributed by atoms with Gasteiger partial charge in [0.1, 0.15) is 6.54 Å². The number of rotatable bonds is 11. The van der Waals surface area contributed by atoms with E-state index in [9.17, 15) is 9.59 Å². The molecule has 0 aliphatic carbocycles. The first-order valence-electron chi connectivity index (χ1n) is 8.14. The zero-order valence-corrected chi connectivity index (χ0v) is 14.0. The topological polar surface area (TPSA) is 69.6 Å². The minimum atomic E-state index is -0.973. The summed E-state index contributed by atoms with van der Waals surface area (Å²) in [5.74, 6) is -0.219. The molecule has 5 heteroatoms. The second-order valence-electron chi connectivity index (χ2n) is 6.11. The number of urea groups is 1. The number of unbranched alkanes of at least 4 members (excludes halogenated alkanes) is 3. The second kappa shape index (κ2) is 11.4. The van der Waals surface area contributed by atoms with Gasteiger partial charge in [0.25, 0.3) is 0 Å². The molecule has 0 bridgehead atoms. The van der Waals surface area contributed by atoms with Crippen LogP contribution in [0.1, 0.15) is 66.2 Å². The number of carboxylic acids is 1. The summed E-state index contributed by atoms with van der Waals surface area (Å²) in [5.41, 5.74) is 0. The van der Waals surface area contributed by atoms with Crippen molar-refractivity contribution in [3.8, 4) is 0 Å². The molecule has 0 saturated heterocycles. The van der Waals surface area contributed by atoms with Gasteiger partial charge in [-0.25, -0.2) is 4.79 Å². The van der Waals surface area contributed by atoms with Gasteiger partial charge in [-0.2, -0.15) is 0 Å². The number of nitrogens with one attached hydrogen (secondary N) is 1. The van der Waals surface area contributed by atoms with Crippen molar-refractivity contribution < 1.29 is 14.7 Å². The highest BCUT2D eigenvalue weighted by atomic mass is 16.4. The van der Waals surface area contributed by atoms with E-state index in [1.54, 1.807) is 0 Å². The lowest BCUT2D eigenvalue weighted by Crippen LogP contribution is -2.47. The van der Waals surface area contributed by atoms with E-state index >= 15 is 0 Å². The van der Waals surface area contributed by atoms with Gasteiger partial charge in [-0.05, 0) is 25.7 Å². The SMILES string of the molecule is CCC(C)N(CC(=O)O)C(=O)NCCCCCCC(C)C. The van der Waals surface area contributed by atoms with Crippen LogP contribution >= 0.6 is 0 Å². The zero-order chi connectivity index (χ0) is 16.3. The molecule has 0 aliphatic heterocycles. The van der Waals surface area contributed by atoms with Crippen molar-refractivity contribution in [2.24, 2.45) is 5.92 Å². The number of carbonyl (C=O) groups is 2. The fourth-order valence-electron chi connectivity index (χ4n) is 2.12. The smallest absolute Gasteiger partial charge is 0.323 e. The molecule has 5 nitrogen and oxygen atoms in total. The molecule has 1 unspecified atom stereocenters. The number of hydrogen-bond acceptors (Lipinski definition) is 2. The van der Waals surface area contributed by atoms with Gasteiger partial charge in [-0.1, -0.05) is 46.5 Å². The summed E-state index contributed by atoms with van der Waals surface area (Å²) in [6.45, 7) is 8.65. The molecular weight excluding hydrogens is 268 g/mol. The first-order valence-corrected chi connectivity index (χ1v) is 8.14. The van der Waals surface area contributed by atoms with Crippen LogP contribution in [0.15, 0.2) is 0 Å². The fourth-order valence-corrected chi connectivity index (χ4v) is 2.12. The standard InChI is InChI=1S/C16H32N2O3/c1-5-14(4)18(12-15(19)20)16(21)17-11-9-7-6-8-10-13(2)3/h13-14H,5-12H2,1-4H3,(H,17,21)(H,19,20). The Morgan fingerprint density at radius 3 is 2.24 bits per heavy atom. The normalized spacial score (nSPS) is 12.2. The maximum Gasteiger partial charge on any atom is 0.323 e. The summed E-state index contributed by atoms with van der Waals surface area (Å²) < 4.78 is 0. The van der Waals surface area contributed by atoms with Crippen LogP contribution in [0.3, 0.4) is 0 Å². The molecule has 2 N–H and O–H groups in total. The van der Waals surface area contributed by atoms with Crippen molar-refractivity contribution in [2.75, 3.05) is 13.1 Å². The molecule has 0 aliphatic rings. The van der Waals surface area contributed by atoms with Crippen molar-refractivity contribution in [1.82, 2.24) is 10.2 Å². The molecule has 0 aromatic heterocycles. The maximum atomic E-state index is 12.0. The Labute approximate surface area is 129 Å². The highest BCUT2D eigenvalue weighted by Crippen LogP contribution is 2.09. The molecule has 1 atom stereocenters. The molecule has 0 aromatic carbocycles. The summed E-state index contributed by atoms with van der Waals surface area (Å²) in [5, 5.41) is 11.7. The summed E-state index contributed by atoms with van der Waals surface area (Å²) in [7, 11) is 0. The van der Waals surface area contributed by atoms with E-state index in [1.165, 1.54) is 24.2 Å². The average Bonchev–Trinajstić information content (AvgIpc) is 2.42. The molecule has 21 heavy (non-hydrogen) atoms. The van der Waals surface area contributed by atoms with E-state index < -0.39 is 5.97 Å². The number of nitrogens with zero attached hydrogens (tertiary/aromatic N) is 1. The summed E-state index contributed by atoms with van der Waals surface area (Å²) >= 11 is 0. The Morgan fingerprint density at radius 1 is 1.10 bits per heavy atom. The molecule has 0 radical (unpaired) electrons. The van der Waals surface area contributed by atoms with Gasteiger partial charge in [0.15, 0.2) is 0 Å². The molecule has 0 aromatic rings. The van der Waals surface area contributed by atoms with Crippen molar-refractivity contribution in [3.63, 3.8) is 0 Å². The molecule has 0 saturated carbocycles. The Bertz CT molecular complexity index is 306.